The molecule has 100 valence electrons. The van der Waals surface area contributed by atoms with E-state index in [1.807, 2.05) is 32.0 Å². The summed E-state index contributed by atoms with van der Waals surface area (Å²) in [6.45, 7) is 11.6. The van der Waals surface area contributed by atoms with E-state index in [2.05, 4.69) is 26.8 Å². The van der Waals surface area contributed by atoms with E-state index < -0.39 is 0 Å². The number of rotatable bonds is 3. The lowest BCUT2D eigenvalue weighted by Gasteiger charge is -2.21. The Balaban J connectivity index is 2.83. The summed E-state index contributed by atoms with van der Waals surface area (Å²) < 4.78 is 5.38. The van der Waals surface area contributed by atoms with Crippen LogP contribution in [0, 0.1) is 0 Å². The molecule has 1 amide bonds. The summed E-state index contributed by atoms with van der Waals surface area (Å²) in [5.74, 6) is 0.610. The van der Waals surface area contributed by atoms with E-state index in [1.54, 1.807) is 4.90 Å². The largest absolute Gasteiger partial charge is 0.415 e. The molecule has 0 saturated heterocycles. The Morgan fingerprint density at radius 1 is 1.22 bits per heavy atom. The van der Waals surface area contributed by atoms with E-state index in [4.69, 9.17) is 4.74 Å². The molecule has 3 heteroatoms. The molecule has 0 atom stereocenters. The molecule has 0 unspecified atom stereocenters. The minimum Gasteiger partial charge on any atom is -0.410 e. The maximum atomic E-state index is 11.8. The third-order valence-electron chi connectivity index (χ3n) is 2.93. The molecule has 0 aliphatic carbocycles. The van der Waals surface area contributed by atoms with Gasteiger partial charge in [-0.2, -0.15) is 0 Å². The zero-order chi connectivity index (χ0) is 13.8. The molecule has 0 bridgehead atoms. The van der Waals surface area contributed by atoms with Gasteiger partial charge < -0.3 is 9.64 Å². The summed E-state index contributed by atoms with van der Waals surface area (Å²) in [6.07, 6.45) is -0.286. The van der Waals surface area contributed by atoms with Crippen molar-refractivity contribution in [2.24, 2.45) is 0 Å². The van der Waals surface area contributed by atoms with Crippen LogP contribution in [-0.4, -0.2) is 24.1 Å². The number of carbonyl (C=O) groups excluding carboxylic acids is 1. The highest BCUT2D eigenvalue weighted by Gasteiger charge is 2.16. The monoisotopic (exact) mass is 249 g/mol. The number of carbonyl (C=O) groups is 1. The summed E-state index contributed by atoms with van der Waals surface area (Å²) in [6, 6.07) is 7.72. The normalized spacial score (nSPS) is 11.2. The van der Waals surface area contributed by atoms with Crippen molar-refractivity contribution in [3.8, 4) is 5.75 Å². The summed E-state index contributed by atoms with van der Waals surface area (Å²) in [7, 11) is 0. The molecule has 0 spiro atoms. The predicted molar refractivity (Wildman–Crippen MR) is 74.1 cm³/mol. The molecule has 0 aliphatic heterocycles. The molecule has 18 heavy (non-hydrogen) atoms. The van der Waals surface area contributed by atoms with Gasteiger partial charge in [0, 0.05) is 13.1 Å². The maximum Gasteiger partial charge on any atom is 0.415 e. The molecule has 1 aromatic carbocycles. The predicted octanol–water partition coefficient (Wildman–Crippen LogP) is 3.82. The fourth-order valence-corrected chi connectivity index (χ4v) is 1.67. The Kier molecular flexibility index (Phi) is 4.76. The summed E-state index contributed by atoms with van der Waals surface area (Å²) in [4.78, 5) is 13.5. The molecule has 3 nitrogen and oxygen atoms in total. The number of amides is 1. The fraction of sp³-hybridized carbons (Fsp3) is 0.533. The quantitative estimate of drug-likeness (QED) is 0.815. The molecule has 0 aromatic heterocycles. The second-order valence-electron chi connectivity index (χ2n) is 5.32. The van der Waals surface area contributed by atoms with Gasteiger partial charge in [-0.05, 0) is 37.0 Å². The highest BCUT2D eigenvalue weighted by atomic mass is 16.6. The molecule has 0 saturated carbocycles. The fourth-order valence-electron chi connectivity index (χ4n) is 1.67. The minimum absolute atomic E-state index is 0.0532. The van der Waals surface area contributed by atoms with Gasteiger partial charge in [-0.25, -0.2) is 4.79 Å². The number of ether oxygens (including phenoxy) is 1. The van der Waals surface area contributed by atoms with Crippen LogP contribution in [0.1, 0.15) is 40.2 Å². The van der Waals surface area contributed by atoms with E-state index in [0.717, 1.165) is 5.56 Å². The van der Waals surface area contributed by atoms with Gasteiger partial charge in [-0.3, -0.25) is 0 Å². The Hall–Kier alpha value is -1.51. The molecular weight excluding hydrogens is 226 g/mol. The van der Waals surface area contributed by atoms with Crippen LogP contribution < -0.4 is 4.74 Å². The van der Waals surface area contributed by atoms with Crippen LogP contribution in [0.25, 0.3) is 0 Å². The first-order valence-corrected chi connectivity index (χ1v) is 6.45. The second-order valence-corrected chi connectivity index (χ2v) is 5.32. The second kappa shape index (κ2) is 5.89. The van der Waals surface area contributed by atoms with Crippen LogP contribution in [0.3, 0.4) is 0 Å². The average Bonchev–Trinajstić information content (AvgIpc) is 2.29. The van der Waals surface area contributed by atoms with E-state index in [9.17, 15) is 4.79 Å². The minimum atomic E-state index is -0.286. The van der Waals surface area contributed by atoms with Gasteiger partial charge in [-0.1, -0.05) is 32.9 Å². The van der Waals surface area contributed by atoms with Crippen molar-refractivity contribution in [2.75, 3.05) is 13.1 Å². The maximum absolute atomic E-state index is 11.8. The van der Waals surface area contributed by atoms with Crippen molar-refractivity contribution >= 4 is 6.09 Å². The molecule has 0 aliphatic rings. The summed E-state index contributed by atoms with van der Waals surface area (Å²) >= 11 is 0. The van der Waals surface area contributed by atoms with E-state index in [-0.39, 0.29) is 11.5 Å². The standard InChI is InChI=1S/C15H23NO2/c1-6-16(7-2)14(17)18-13-10-8-9-12(11-13)15(3,4)5/h8-11H,6-7H2,1-5H3. The Morgan fingerprint density at radius 3 is 2.33 bits per heavy atom. The zero-order valence-corrected chi connectivity index (χ0v) is 12.0. The molecule has 1 rings (SSSR count). The van der Waals surface area contributed by atoms with E-state index in [0.29, 0.717) is 18.8 Å². The van der Waals surface area contributed by atoms with Crippen molar-refractivity contribution in [3.05, 3.63) is 29.8 Å². The van der Waals surface area contributed by atoms with Crippen molar-refractivity contribution in [3.63, 3.8) is 0 Å². The number of hydrogen-bond acceptors (Lipinski definition) is 2. The van der Waals surface area contributed by atoms with E-state index in [1.165, 1.54) is 0 Å². The van der Waals surface area contributed by atoms with Gasteiger partial charge in [0.15, 0.2) is 0 Å². The lowest BCUT2D eigenvalue weighted by molar-refractivity contribution is 0.157. The molecule has 1 aromatic rings. The van der Waals surface area contributed by atoms with Crippen LogP contribution in [-0.2, 0) is 5.41 Å². The van der Waals surface area contributed by atoms with Gasteiger partial charge in [0.25, 0.3) is 0 Å². The topological polar surface area (TPSA) is 29.5 Å². The molecule has 0 radical (unpaired) electrons. The van der Waals surface area contributed by atoms with Crippen molar-refractivity contribution in [2.45, 2.75) is 40.0 Å². The highest BCUT2D eigenvalue weighted by Crippen LogP contribution is 2.25. The van der Waals surface area contributed by atoms with Crippen LogP contribution in [0.4, 0.5) is 4.79 Å². The first-order chi connectivity index (χ1) is 8.38. The lowest BCUT2D eigenvalue weighted by atomic mass is 9.87. The van der Waals surface area contributed by atoms with Crippen molar-refractivity contribution < 1.29 is 9.53 Å². The van der Waals surface area contributed by atoms with Gasteiger partial charge in [0.1, 0.15) is 5.75 Å². The third kappa shape index (κ3) is 3.76. The zero-order valence-electron chi connectivity index (χ0n) is 12.0. The number of benzene rings is 1. The van der Waals surface area contributed by atoms with Crippen LogP contribution in [0.5, 0.6) is 5.75 Å². The number of hydrogen-bond donors (Lipinski definition) is 0. The van der Waals surface area contributed by atoms with Gasteiger partial charge in [0.2, 0.25) is 0 Å². The first-order valence-electron chi connectivity index (χ1n) is 6.45. The summed E-state index contributed by atoms with van der Waals surface area (Å²) in [5, 5.41) is 0. The summed E-state index contributed by atoms with van der Waals surface area (Å²) in [5.41, 5.74) is 1.21. The first kappa shape index (κ1) is 14.6. The molecule has 0 N–H and O–H groups in total. The Morgan fingerprint density at radius 2 is 1.83 bits per heavy atom. The van der Waals surface area contributed by atoms with E-state index >= 15 is 0 Å². The highest BCUT2D eigenvalue weighted by molar-refractivity contribution is 5.70. The van der Waals surface area contributed by atoms with Gasteiger partial charge in [-0.15, -0.1) is 0 Å². The van der Waals surface area contributed by atoms with Crippen molar-refractivity contribution in [1.82, 2.24) is 4.90 Å². The molecular formula is C15H23NO2. The number of nitrogens with zero attached hydrogens (tertiary/aromatic N) is 1. The Bertz CT molecular complexity index is 403. The van der Waals surface area contributed by atoms with Crippen LogP contribution in [0.2, 0.25) is 0 Å². The molecule has 0 heterocycles. The smallest absolute Gasteiger partial charge is 0.410 e. The van der Waals surface area contributed by atoms with Crippen LogP contribution >= 0.6 is 0 Å². The van der Waals surface area contributed by atoms with Gasteiger partial charge in [0.05, 0.1) is 0 Å². The Labute approximate surface area is 110 Å². The van der Waals surface area contributed by atoms with Crippen molar-refractivity contribution in [1.29, 1.82) is 0 Å². The molecule has 0 fully saturated rings. The van der Waals surface area contributed by atoms with Gasteiger partial charge >= 0.3 is 6.09 Å². The lowest BCUT2D eigenvalue weighted by Crippen LogP contribution is -2.33. The van der Waals surface area contributed by atoms with Crippen LogP contribution in [0.15, 0.2) is 24.3 Å². The third-order valence-corrected chi connectivity index (χ3v) is 2.93. The SMILES string of the molecule is CCN(CC)C(=O)Oc1cccc(C(C)(C)C)c1. The average molecular weight is 249 g/mol.